The molecule has 0 bridgehead atoms. The number of hydrogen-bond donors (Lipinski definition) is 3. The van der Waals surface area contributed by atoms with E-state index in [1.165, 1.54) is 0 Å². The van der Waals surface area contributed by atoms with E-state index < -0.39 is 0 Å². The lowest BCUT2D eigenvalue weighted by molar-refractivity contribution is -0.125. The van der Waals surface area contributed by atoms with Crippen LogP contribution in [0.15, 0.2) is 0 Å². The molecule has 6 nitrogen and oxygen atoms in total. The highest BCUT2D eigenvalue weighted by Crippen LogP contribution is 2.07. The second-order valence-corrected chi connectivity index (χ2v) is 4.13. The smallest absolute Gasteiger partial charge is 0.239 e. The van der Waals surface area contributed by atoms with E-state index in [2.05, 4.69) is 22.6 Å². The number of piperidine rings is 1. The zero-order valence-corrected chi connectivity index (χ0v) is 9.66. The van der Waals surface area contributed by atoms with Crippen LogP contribution < -0.4 is 16.4 Å². The first kappa shape index (κ1) is 12.9. The number of hydrogen-bond acceptors (Lipinski definition) is 4. The van der Waals surface area contributed by atoms with E-state index in [0.29, 0.717) is 0 Å². The fraction of sp³-hybridized carbons (Fsp3) is 0.800. The van der Waals surface area contributed by atoms with Gasteiger partial charge in [-0.25, -0.2) is 0 Å². The summed E-state index contributed by atoms with van der Waals surface area (Å²) in [4.78, 5) is 24.5. The van der Waals surface area contributed by atoms with E-state index in [4.69, 9.17) is 5.73 Å². The number of rotatable bonds is 4. The van der Waals surface area contributed by atoms with E-state index >= 15 is 0 Å². The standard InChI is InChI=1S/C10H20N4O2/c1-14-4-2-8(3-5-14)13-10(16)7-12-9(15)6-11/h8H,2-7,11H2,1H3,(H,12,15)(H,13,16). The molecule has 4 N–H and O–H groups in total. The largest absolute Gasteiger partial charge is 0.352 e. The number of likely N-dealkylation sites (tertiary alicyclic amines) is 1. The van der Waals surface area contributed by atoms with Crippen molar-refractivity contribution < 1.29 is 9.59 Å². The van der Waals surface area contributed by atoms with Gasteiger partial charge >= 0.3 is 0 Å². The van der Waals surface area contributed by atoms with Crippen molar-refractivity contribution in [2.24, 2.45) is 5.73 Å². The Hall–Kier alpha value is -1.14. The molecule has 1 rings (SSSR count). The molecule has 0 saturated carbocycles. The molecule has 0 aromatic heterocycles. The monoisotopic (exact) mass is 228 g/mol. The van der Waals surface area contributed by atoms with Crippen molar-refractivity contribution in [2.45, 2.75) is 18.9 Å². The predicted molar refractivity (Wildman–Crippen MR) is 60.7 cm³/mol. The first-order chi connectivity index (χ1) is 7.61. The quantitative estimate of drug-likeness (QED) is 0.534. The van der Waals surface area contributed by atoms with Gasteiger partial charge in [-0.3, -0.25) is 9.59 Å². The topological polar surface area (TPSA) is 87.5 Å². The van der Waals surface area contributed by atoms with Gasteiger partial charge in [-0.15, -0.1) is 0 Å². The summed E-state index contributed by atoms with van der Waals surface area (Å²) in [5.74, 6) is -0.449. The van der Waals surface area contributed by atoms with Crippen molar-refractivity contribution in [3.05, 3.63) is 0 Å². The minimum atomic E-state index is -0.307. The van der Waals surface area contributed by atoms with Gasteiger partial charge in [0.1, 0.15) is 0 Å². The van der Waals surface area contributed by atoms with Gasteiger partial charge < -0.3 is 21.3 Å². The number of nitrogens with two attached hydrogens (primary N) is 1. The maximum atomic E-state index is 11.4. The van der Waals surface area contributed by atoms with Crippen LogP contribution >= 0.6 is 0 Å². The van der Waals surface area contributed by atoms with Crippen LogP contribution in [0.1, 0.15) is 12.8 Å². The third kappa shape index (κ3) is 4.59. The summed E-state index contributed by atoms with van der Waals surface area (Å²) in [5, 5.41) is 5.34. The second-order valence-electron chi connectivity index (χ2n) is 4.13. The van der Waals surface area contributed by atoms with Crippen LogP contribution in [-0.2, 0) is 9.59 Å². The first-order valence-corrected chi connectivity index (χ1v) is 5.56. The van der Waals surface area contributed by atoms with Gasteiger partial charge in [0.15, 0.2) is 0 Å². The van der Waals surface area contributed by atoms with Crippen LogP contribution in [0.3, 0.4) is 0 Å². The summed E-state index contributed by atoms with van der Waals surface area (Å²) in [7, 11) is 2.07. The molecular formula is C10H20N4O2. The van der Waals surface area contributed by atoms with Crippen molar-refractivity contribution >= 4 is 11.8 Å². The van der Waals surface area contributed by atoms with Crippen LogP contribution in [-0.4, -0.2) is 56.0 Å². The average Bonchev–Trinajstić information content (AvgIpc) is 2.29. The number of carbonyl (C=O) groups excluding carboxylic acids is 2. The minimum Gasteiger partial charge on any atom is -0.352 e. The number of amides is 2. The lowest BCUT2D eigenvalue weighted by Crippen LogP contribution is -2.47. The Morgan fingerprint density at radius 2 is 1.94 bits per heavy atom. The predicted octanol–water partition coefficient (Wildman–Crippen LogP) is -1.73. The molecule has 0 atom stereocenters. The highest BCUT2D eigenvalue weighted by Gasteiger charge is 2.18. The van der Waals surface area contributed by atoms with Gasteiger partial charge in [-0.05, 0) is 33.0 Å². The number of nitrogens with one attached hydrogen (secondary N) is 2. The van der Waals surface area contributed by atoms with Crippen molar-refractivity contribution in [3.8, 4) is 0 Å². The van der Waals surface area contributed by atoms with Crippen LogP contribution in [0, 0.1) is 0 Å². The molecule has 0 radical (unpaired) electrons. The molecule has 0 spiro atoms. The molecule has 6 heteroatoms. The molecule has 16 heavy (non-hydrogen) atoms. The zero-order valence-electron chi connectivity index (χ0n) is 9.66. The van der Waals surface area contributed by atoms with E-state index in [-0.39, 0.29) is 30.9 Å². The van der Waals surface area contributed by atoms with Crippen LogP contribution in [0.25, 0.3) is 0 Å². The minimum absolute atomic E-state index is 0.0162. The van der Waals surface area contributed by atoms with Crippen molar-refractivity contribution in [3.63, 3.8) is 0 Å². The second kappa shape index (κ2) is 6.44. The maximum absolute atomic E-state index is 11.4. The molecule has 1 saturated heterocycles. The SMILES string of the molecule is CN1CCC(NC(=O)CNC(=O)CN)CC1. The Morgan fingerprint density at radius 1 is 1.31 bits per heavy atom. The third-order valence-electron chi connectivity index (χ3n) is 2.72. The third-order valence-corrected chi connectivity index (χ3v) is 2.72. The Bertz CT molecular complexity index is 249. The Labute approximate surface area is 95.5 Å². The lowest BCUT2D eigenvalue weighted by atomic mass is 10.1. The summed E-state index contributed by atoms with van der Waals surface area (Å²) in [5.41, 5.74) is 5.11. The van der Waals surface area contributed by atoms with Crippen LogP contribution in [0.2, 0.25) is 0 Å². The highest BCUT2D eigenvalue weighted by atomic mass is 16.2. The van der Waals surface area contributed by atoms with E-state index in [9.17, 15) is 9.59 Å². The summed E-state index contributed by atoms with van der Waals surface area (Å²) in [6.45, 7) is 1.93. The van der Waals surface area contributed by atoms with Crippen LogP contribution in [0.4, 0.5) is 0 Å². The number of carbonyl (C=O) groups is 2. The van der Waals surface area contributed by atoms with Crippen molar-refractivity contribution in [1.29, 1.82) is 0 Å². The zero-order chi connectivity index (χ0) is 12.0. The Morgan fingerprint density at radius 3 is 2.50 bits per heavy atom. The molecular weight excluding hydrogens is 208 g/mol. The molecule has 0 aromatic carbocycles. The van der Waals surface area contributed by atoms with Gasteiger partial charge in [-0.2, -0.15) is 0 Å². The molecule has 92 valence electrons. The maximum Gasteiger partial charge on any atom is 0.239 e. The van der Waals surface area contributed by atoms with Gasteiger partial charge in [0.25, 0.3) is 0 Å². The molecule has 1 fully saturated rings. The summed E-state index contributed by atoms with van der Waals surface area (Å²) in [6, 6.07) is 0.235. The van der Waals surface area contributed by atoms with Gasteiger partial charge in [0.05, 0.1) is 13.1 Å². The summed E-state index contributed by atoms with van der Waals surface area (Å²) in [6.07, 6.45) is 1.93. The van der Waals surface area contributed by atoms with E-state index in [1.54, 1.807) is 0 Å². The van der Waals surface area contributed by atoms with Crippen LogP contribution in [0.5, 0.6) is 0 Å². The Balaban J connectivity index is 2.16. The molecule has 1 aliphatic heterocycles. The highest BCUT2D eigenvalue weighted by molar-refractivity contribution is 5.85. The van der Waals surface area contributed by atoms with Gasteiger partial charge in [0, 0.05) is 6.04 Å². The summed E-state index contributed by atoms with van der Waals surface area (Å²) >= 11 is 0. The molecule has 1 aliphatic rings. The molecule has 2 amide bonds. The summed E-state index contributed by atoms with van der Waals surface area (Å²) < 4.78 is 0. The molecule has 0 unspecified atom stereocenters. The Kier molecular flexibility index (Phi) is 5.21. The fourth-order valence-electron chi connectivity index (χ4n) is 1.68. The van der Waals surface area contributed by atoms with Gasteiger partial charge in [-0.1, -0.05) is 0 Å². The molecule has 0 aliphatic carbocycles. The van der Waals surface area contributed by atoms with E-state index in [0.717, 1.165) is 25.9 Å². The van der Waals surface area contributed by atoms with Crippen molar-refractivity contribution in [1.82, 2.24) is 15.5 Å². The average molecular weight is 228 g/mol. The molecule has 0 aromatic rings. The van der Waals surface area contributed by atoms with E-state index in [1.807, 2.05) is 0 Å². The first-order valence-electron chi connectivity index (χ1n) is 5.56. The lowest BCUT2D eigenvalue weighted by Gasteiger charge is -2.29. The number of nitrogens with zero attached hydrogens (tertiary/aromatic N) is 1. The normalized spacial score (nSPS) is 18.1. The fourth-order valence-corrected chi connectivity index (χ4v) is 1.68. The van der Waals surface area contributed by atoms with Gasteiger partial charge in [0.2, 0.25) is 11.8 Å². The van der Waals surface area contributed by atoms with Crippen molar-refractivity contribution in [2.75, 3.05) is 33.2 Å². The molecule has 1 heterocycles.